The van der Waals surface area contributed by atoms with Crippen LogP contribution in [0.3, 0.4) is 0 Å². The van der Waals surface area contributed by atoms with E-state index in [0.717, 1.165) is 35.2 Å². The minimum atomic E-state index is -1.21. The van der Waals surface area contributed by atoms with Crippen LogP contribution in [-0.4, -0.2) is 23.4 Å². The van der Waals surface area contributed by atoms with E-state index in [1.165, 1.54) is 18.2 Å². The first-order valence-electron chi connectivity index (χ1n) is 10.9. The second kappa shape index (κ2) is 9.66. The van der Waals surface area contributed by atoms with Crippen molar-refractivity contribution in [3.8, 4) is 5.75 Å². The van der Waals surface area contributed by atoms with Crippen molar-refractivity contribution >= 4 is 23.1 Å². The number of Topliss-reactive ketones (excluding diaryl/α,β-unsaturated/α-hetero) is 1. The molecule has 0 aromatic heterocycles. The van der Waals surface area contributed by atoms with E-state index in [1.807, 2.05) is 13.8 Å². The van der Waals surface area contributed by atoms with E-state index in [2.05, 4.69) is 0 Å². The molecule has 1 aliphatic rings. The lowest BCUT2D eigenvalue weighted by molar-refractivity contribution is -0.132. The van der Waals surface area contributed by atoms with E-state index in [1.54, 1.807) is 18.2 Å². The van der Waals surface area contributed by atoms with Crippen LogP contribution in [0.4, 0.5) is 18.9 Å². The smallest absolute Gasteiger partial charge is 0.300 e. The number of benzene rings is 3. The molecule has 180 valence electrons. The van der Waals surface area contributed by atoms with Crippen LogP contribution < -0.4 is 9.64 Å². The topological polar surface area (TPSA) is 66.8 Å². The first-order valence-corrected chi connectivity index (χ1v) is 10.9. The fraction of sp³-hybridized carbons (Fsp3) is 0.185. The van der Waals surface area contributed by atoms with Gasteiger partial charge in [0.05, 0.1) is 18.2 Å². The number of carbonyl (C=O) groups is 2. The van der Waals surface area contributed by atoms with Gasteiger partial charge in [-0.3, -0.25) is 14.5 Å². The lowest BCUT2D eigenvalue weighted by Gasteiger charge is -2.25. The molecular weight excluding hydrogens is 459 g/mol. The number of rotatable bonds is 6. The third-order valence-corrected chi connectivity index (χ3v) is 5.50. The van der Waals surface area contributed by atoms with Crippen LogP contribution in [0, 0.1) is 23.4 Å². The number of ether oxygens (including phenoxy) is 1. The standard InChI is InChI=1S/C27H22F3NO4/c1-15(2)14-35-20-5-3-4-17(12-20)25(32)23-24(16-6-8-18(28)9-7-16)31(27(34)26(23)33)19-10-11-21(29)22(30)13-19/h3-13,15,24,32H,14H2,1-2H3/b25-23+. The zero-order chi connectivity index (χ0) is 25.3. The molecule has 0 saturated carbocycles. The van der Waals surface area contributed by atoms with Crippen LogP contribution >= 0.6 is 0 Å². The number of nitrogens with zero attached hydrogens (tertiary/aromatic N) is 1. The molecular formula is C27H22F3NO4. The van der Waals surface area contributed by atoms with Gasteiger partial charge in [0.15, 0.2) is 11.6 Å². The van der Waals surface area contributed by atoms with Crippen molar-refractivity contribution in [2.45, 2.75) is 19.9 Å². The van der Waals surface area contributed by atoms with Gasteiger partial charge in [-0.25, -0.2) is 13.2 Å². The third-order valence-electron chi connectivity index (χ3n) is 5.50. The van der Waals surface area contributed by atoms with Crippen LogP contribution in [0.2, 0.25) is 0 Å². The van der Waals surface area contributed by atoms with Crippen LogP contribution in [0.1, 0.15) is 31.0 Å². The maximum Gasteiger partial charge on any atom is 0.300 e. The van der Waals surface area contributed by atoms with Gasteiger partial charge in [-0.05, 0) is 47.9 Å². The fourth-order valence-corrected chi connectivity index (χ4v) is 3.85. The van der Waals surface area contributed by atoms with Crippen molar-refractivity contribution in [1.29, 1.82) is 0 Å². The molecule has 5 nitrogen and oxygen atoms in total. The van der Waals surface area contributed by atoms with E-state index in [0.29, 0.717) is 17.9 Å². The Morgan fingerprint density at radius 1 is 0.971 bits per heavy atom. The normalized spacial score (nSPS) is 17.3. The first kappa shape index (κ1) is 24.1. The highest BCUT2D eigenvalue weighted by molar-refractivity contribution is 6.51. The van der Waals surface area contributed by atoms with E-state index < -0.39 is 40.9 Å². The molecule has 1 saturated heterocycles. The summed E-state index contributed by atoms with van der Waals surface area (Å²) in [5.41, 5.74) is 0.159. The van der Waals surface area contributed by atoms with Gasteiger partial charge in [-0.15, -0.1) is 0 Å². The minimum Gasteiger partial charge on any atom is -0.507 e. The van der Waals surface area contributed by atoms with Gasteiger partial charge in [0.2, 0.25) is 0 Å². The van der Waals surface area contributed by atoms with E-state index in [9.17, 15) is 27.9 Å². The summed E-state index contributed by atoms with van der Waals surface area (Å²) in [7, 11) is 0. The van der Waals surface area contributed by atoms with Gasteiger partial charge < -0.3 is 9.84 Å². The zero-order valence-corrected chi connectivity index (χ0v) is 19.0. The number of anilines is 1. The van der Waals surface area contributed by atoms with Crippen LogP contribution in [0.15, 0.2) is 72.3 Å². The van der Waals surface area contributed by atoms with Crippen molar-refractivity contribution in [2.75, 3.05) is 11.5 Å². The molecule has 3 aromatic carbocycles. The summed E-state index contributed by atoms with van der Waals surface area (Å²) in [6.45, 7) is 4.39. The summed E-state index contributed by atoms with van der Waals surface area (Å²) in [5.74, 6) is -4.71. The molecule has 0 radical (unpaired) electrons. The Bertz CT molecular complexity index is 1320. The molecule has 8 heteroatoms. The molecule has 1 amide bonds. The molecule has 0 spiro atoms. The zero-order valence-electron chi connectivity index (χ0n) is 19.0. The summed E-state index contributed by atoms with van der Waals surface area (Å²) in [4.78, 5) is 27.1. The second-order valence-corrected chi connectivity index (χ2v) is 8.55. The van der Waals surface area contributed by atoms with Gasteiger partial charge in [0.1, 0.15) is 17.3 Å². The summed E-state index contributed by atoms with van der Waals surface area (Å²) >= 11 is 0. The average Bonchev–Trinajstić information content (AvgIpc) is 3.10. The van der Waals surface area contributed by atoms with Crippen molar-refractivity contribution in [1.82, 2.24) is 0 Å². The summed E-state index contributed by atoms with van der Waals surface area (Å²) in [5, 5.41) is 11.2. The molecule has 1 N–H and O–H groups in total. The van der Waals surface area contributed by atoms with E-state index in [-0.39, 0.29) is 22.7 Å². The molecule has 1 unspecified atom stereocenters. The highest BCUT2D eigenvalue weighted by atomic mass is 19.2. The van der Waals surface area contributed by atoms with Crippen LogP contribution in [0.5, 0.6) is 5.75 Å². The molecule has 0 bridgehead atoms. The number of ketones is 1. The Balaban J connectivity index is 1.87. The Labute approximate surface area is 200 Å². The van der Waals surface area contributed by atoms with E-state index in [4.69, 9.17) is 4.74 Å². The molecule has 1 aliphatic heterocycles. The number of amides is 1. The predicted octanol–water partition coefficient (Wildman–Crippen LogP) is 5.77. The molecule has 1 fully saturated rings. The maximum absolute atomic E-state index is 14.0. The lowest BCUT2D eigenvalue weighted by Crippen LogP contribution is -2.29. The summed E-state index contributed by atoms with van der Waals surface area (Å²) in [6.07, 6.45) is 0. The predicted molar refractivity (Wildman–Crippen MR) is 124 cm³/mol. The number of hydrogen-bond acceptors (Lipinski definition) is 4. The first-order chi connectivity index (χ1) is 16.7. The molecule has 35 heavy (non-hydrogen) atoms. The quantitative estimate of drug-likeness (QED) is 0.276. The van der Waals surface area contributed by atoms with Gasteiger partial charge in [-0.1, -0.05) is 38.1 Å². The Hall–Kier alpha value is -4.07. The van der Waals surface area contributed by atoms with Gasteiger partial charge in [0.25, 0.3) is 11.7 Å². The van der Waals surface area contributed by atoms with Gasteiger partial charge in [0, 0.05) is 17.3 Å². The highest BCUT2D eigenvalue weighted by Gasteiger charge is 2.47. The number of carbonyl (C=O) groups excluding carboxylic acids is 2. The lowest BCUT2D eigenvalue weighted by atomic mass is 9.95. The molecule has 4 rings (SSSR count). The van der Waals surface area contributed by atoms with Crippen molar-refractivity contribution in [3.63, 3.8) is 0 Å². The van der Waals surface area contributed by atoms with Crippen molar-refractivity contribution < 1.29 is 32.6 Å². The van der Waals surface area contributed by atoms with Crippen molar-refractivity contribution in [3.05, 3.63) is 101 Å². The van der Waals surface area contributed by atoms with E-state index >= 15 is 0 Å². The van der Waals surface area contributed by atoms with Crippen LogP contribution in [-0.2, 0) is 9.59 Å². The Kier molecular flexibility index (Phi) is 6.64. The highest BCUT2D eigenvalue weighted by Crippen LogP contribution is 2.42. The van der Waals surface area contributed by atoms with Gasteiger partial charge in [-0.2, -0.15) is 0 Å². The maximum atomic E-state index is 14.0. The summed E-state index contributed by atoms with van der Waals surface area (Å²) < 4.78 is 46.9. The summed E-state index contributed by atoms with van der Waals surface area (Å²) in [6, 6.07) is 13.0. The SMILES string of the molecule is CC(C)COc1cccc(/C(O)=C2\C(=O)C(=O)N(c3ccc(F)c(F)c3)C2c2ccc(F)cc2)c1. The molecule has 3 aromatic rings. The molecule has 1 atom stereocenters. The second-order valence-electron chi connectivity index (χ2n) is 8.55. The van der Waals surface area contributed by atoms with Gasteiger partial charge >= 0.3 is 0 Å². The third kappa shape index (κ3) is 4.77. The monoisotopic (exact) mass is 481 g/mol. The fourth-order valence-electron chi connectivity index (χ4n) is 3.85. The molecule has 0 aliphatic carbocycles. The van der Waals surface area contributed by atoms with Crippen LogP contribution in [0.25, 0.3) is 5.76 Å². The Morgan fingerprint density at radius 3 is 2.34 bits per heavy atom. The number of hydrogen-bond donors (Lipinski definition) is 1. The minimum absolute atomic E-state index is 0.0895. The van der Waals surface area contributed by atoms with Crippen molar-refractivity contribution in [2.24, 2.45) is 5.92 Å². The number of aliphatic hydroxyl groups is 1. The average molecular weight is 481 g/mol. The molecule has 1 heterocycles. The Morgan fingerprint density at radius 2 is 1.69 bits per heavy atom. The number of halogens is 3. The largest absolute Gasteiger partial charge is 0.507 e. The number of aliphatic hydroxyl groups excluding tert-OH is 1.